The van der Waals surface area contributed by atoms with E-state index in [1.54, 1.807) is 32.0 Å². The standard InChI is InChI=1S/C13H16N2O5S/c1-9(2)20-13(17)14-21(18,19)15-8-7-12(16)10-5-3-4-6-11(10)15/h3-6,9H,7-8H2,1-2H3,(H,14,17). The topological polar surface area (TPSA) is 92.8 Å². The van der Waals surface area contributed by atoms with Gasteiger partial charge in [-0.1, -0.05) is 12.1 Å². The monoisotopic (exact) mass is 312 g/mol. The van der Waals surface area contributed by atoms with Crippen molar-refractivity contribution < 1.29 is 22.7 Å². The minimum Gasteiger partial charge on any atom is -0.446 e. The van der Waals surface area contributed by atoms with Crippen LogP contribution in [-0.4, -0.2) is 32.9 Å². The largest absolute Gasteiger partial charge is 0.446 e. The van der Waals surface area contributed by atoms with E-state index in [1.165, 1.54) is 6.07 Å². The third kappa shape index (κ3) is 3.33. The molecule has 1 aromatic rings. The lowest BCUT2D eigenvalue weighted by Gasteiger charge is -2.29. The van der Waals surface area contributed by atoms with Crippen molar-refractivity contribution in [3.8, 4) is 0 Å². The number of ether oxygens (including phenoxy) is 1. The maximum atomic E-state index is 12.2. The Balaban J connectivity index is 2.28. The number of nitrogens with one attached hydrogen (secondary N) is 1. The Bertz CT molecular complexity index is 669. The molecule has 1 aromatic carbocycles. The van der Waals surface area contributed by atoms with Crippen LogP contribution in [0.2, 0.25) is 0 Å². The van der Waals surface area contributed by atoms with Gasteiger partial charge in [-0.25, -0.2) is 9.52 Å². The maximum absolute atomic E-state index is 12.2. The fourth-order valence-corrected chi connectivity index (χ4v) is 3.15. The predicted molar refractivity (Wildman–Crippen MR) is 76.4 cm³/mol. The van der Waals surface area contributed by atoms with Crippen LogP contribution in [0.3, 0.4) is 0 Å². The van der Waals surface area contributed by atoms with Crippen LogP contribution in [0.15, 0.2) is 24.3 Å². The highest BCUT2D eigenvalue weighted by atomic mass is 32.2. The summed E-state index contributed by atoms with van der Waals surface area (Å²) in [6.45, 7) is 3.21. The highest BCUT2D eigenvalue weighted by Gasteiger charge is 2.32. The second-order valence-electron chi connectivity index (χ2n) is 4.82. The van der Waals surface area contributed by atoms with E-state index < -0.39 is 22.4 Å². The molecule has 1 N–H and O–H groups in total. The molecule has 0 fully saturated rings. The number of hydrogen-bond donors (Lipinski definition) is 1. The molecule has 0 bridgehead atoms. The molecule has 0 unspecified atom stereocenters. The molecule has 0 spiro atoms. The number of carbonyl (C=O) groups excluding carboxylic acids is 2. The van der Waals surface area contributed by atoms with E-state index in [0.717, 1.165) is 4.31 Å². The molecule has 1 aliphatic heterocycles. The molecule has 1 aliphatic rings. The van der Waals surface area contributed by atoms with Crippen molar-refractivity contribution in [2.75, 3.05) is 10.8 Å². The summed E-state index contributed by atoms with van der Waals surface area (Å²) in [6, 6.07) is 6.38. The van der Waals surface area contributed by atoms with Gasteiger partial charge >= 0.3 is 16.3 Å². The van der Waals surface area contributed by atoms with Crippen molar-refractivity contribution in [1.82, 2.24) is 4.72 Å². The Morgan fingerprint density at radius 1 is 1.33 bits per heavy atom. The molecule has 8 heteroatoms. The molecule has 0 radical (unpaired) electrons. The lowest BCUT2D eigenvalue weighted by Crippen LogP contribution is -2.47. The van der Waals surface area contributed by atoms with E-state index >= 15 is 0 Å². The third-order valence-electron chi connectivity index (χ3n) is 2.86. The van der Waals surface area contributed by atoms with Crippen molar-refractivity contribution in [2.45, 2.75) is 26.4 Å². The molecular weight excluding hydrogens is 296 g/mol. The minimum atomic E-state index is -4.11. The second kappa shape index (κ2) is 5.72. The summed E-state index contributed by atoms with van der Waals surface area (Å²) < 4.78 is 32.1. The van der Waals surface area contributed by atoms with Gasteiger partial charge in [-0.05, 0) is 26.0 Å². The minimum absolute atomic E-state index is 0.0138. The fraction of sp³-hybridized carbons (Fsp3) is 0.385. The third-order valence-corrected chi connectivity index (χ3v) is 4.24. The molecule has 1 amide bonds. The molecular formula is C13H16N2O5S. The smallest absolute Gasteiger partial charge is 0.422 e. The van der Waals surface area contributed by atoms with Crippen LogP contribution in [0.25, 0.3) is 0 Å². The average molecular weight is 312 g/mol. The second-order valence-corrected chi connectivity index (χ2v) is 6.42. The van der Waals surface area contributed by atoms with Gasteiger partial charge in [0.1, 0.15) is 0 Å². The molecule has 0 saturated heterocycles. The zero-order chi connectivity index (χ0) is 15.6. The van der Waals surface area contributed by atoms with E-state index in [0.29, 0.717) is 5.56 Å². The van der Waals surface area contributed by atoms with Crippen molar-refractivity contribution in [3.63, 3.8) is 0 Å². The van der Waals surface area contributed by atoms with Crippen molar-refractivity contribution in [3.05, 3.63) is 29.8 Å². The highest BCUT2D eigenvalue weighted by Crippen LogP contribution is 2.28. The van der Waals surface area contributed by atoms with Gasteiger partial charge in [0.05, 0.1) is 11.8 Å². The van der Waals surface area contributed by atoms with Crippen LogP contribution in [0.4, 0.5) is 10.5 Å². The SMILES string of the molecule is CC(C)OC(=O)NS(=O)(=O)N1CCC(=O)c2ccccc21. The first kappa shape index (κ1) is 15.3. The Morgan fingerprint density at radius 3 is 2.67 bits per heavy atom. The number of para-hydroxylation sites is 1. The molecule has 21 heavy (non-hydrogen) atoms. The normalized spacial score (nSPS) is 14.8. The first-order valence-corrected chi connectivity index (χ1v) is 7.88. The van der Waals surface area contributed by atoms with E-state index in [-0.39, 0.29) is 24.4 Å². The van der Waals surface area contributed by atoms with E-state index in [2.05, 4.69) is 0 Å². The Kier molecular flexibility index (Phi) is 4.17. The number of ketones is 1. The number of hydrogen-bond acceptors (Lipinski definition) is 5. The molecule has 2 rings (SSSR count). The molecule has 0 saturated carbocycles. The summed E-state index contributed by atoms with van der Waals surface area (Å²) in [5.74, 6) is -0.123. The lowest BCUT2D eigenvalue weighted by atomic mass is 10.0. The molecule has 1 heterocycles. The fourth-order valence-electron chi connectivity index (χ4n) is 2.03. The van der Waals surface area contributed by atoms with Crippen LogP contribution in [0.5, 0.6) is 0 Å². The number of amides is 1. The van der Waals surface area contributed by atoms with Gasteiger partial charge in [0.15, 0.2) is 5.78 Å². The van der Waals surface area contributed by atoms with Crippen molar-refractivity contribution in [2.24, 2.45) is 0 Å². The van der Waals surface area contributed by atoms with Gasteiger partial charge in [-0.3, -0.25) is 9.10 Å². The van der Waals surface area contributed by atoms with Gasteiger partial charge < -0.3 is 4.74 Å². The van der Waals surface area contributed by atoms with Crippen LogP contribution >= 0.6 is 0 Å². The van der Waals surface area contributed by atoms with Crippen LogP contribution in [0.1, 0.15) is 30.6 Å². The molecule has 0 aromatic heterocycles. The first-order valence-electron chi connectivity index (χ1n) is 6.44. The van der Waals surface area contributed by atoms with Crippen LogP contribution in [-0.2, 0) is 14.9 Å². The quantitative estimate of drug-likeness (QED) is 0.912. The summed E-state index contributed by atoms with van der Waals surface area (Å²) in [5.41, 5.74) is 0.588. The zero-order valence-electron chi connectivity index (χ0n) is 11.7. The lowest BCUT2D eigenvalue weighted by molar-refractivity contribution is 0.0982. The number of rotatable bonds is 3. The van der Waals surface area contributed by atoms with Crippen molar-refractivity contribution in [1.29, 1.82) is 0 Å². The number of anilines is 1. The number of fused-ring (bicyclic) bond motifs is 1. The number of Topliss-reactive ketones (excluding diaryl/α,β-unsaturated/α-hetero) is 1. The van der Waals surface area contributed by atoms with Gasteiger partial charge in [0.25, 0.3) is 0 Å². The van der Waals surface area contributed by atoms with E-state index in [9.17, 15) is 18.0 Å². The number of nitrogens with zero attached hydrogens (tertiary/aromatic N) is 1. The van der Waals surface area contributed by atoms with E-state index in [4.69, 9.17) is 4.74 Å². The number of carbonyl (C=O) groups is 2. The van der Waals surface area contributed by atoms with Gasteiger partial charge in [-0.15, -0.1) is 0 Å². The summed E-state index contributed by atoms with van der Waals surface area (Å²) in [4.78, 5) is 23.3. The van der Waals surface area contributed by atoms with Crippen LogP contribution in [0, 0.1) is 0 Å². The summed E-state index contributed by atoms with van der Waals surface area (Å²) in [5, 5.41) is 0. The zero-order valence-corrected chi connectivity index (χ0v) is 12.5. The molecule has 0 atom stereocenters. The Labute approximate surface area is 123 Å². The van der Waals surface area contributed by atoms with Gasteiger partial charge in [0, 0.05) is 18.5 Å². The Morgan fingerprint density at radius 2 is 2.00 bits per heavy atom. The highest BCUT2D eigenvalue weighted by molar-refractivity contribution is 7.91. The predicted octanol–water partition coefficient (Wildman–Crippen LogP) is 1.46. The summed E-state index contributed by atoms with van der Waals surface area (Å²) in [7, 11) is -4.11. The molecule has 114 valence electrons. The number of benzene rings is 1. The van der Waals surface area contributed by atoms with Gasteiger partial charge in [0.2, 0.25) is 0 Å². The van der Waals surface area contributed by atoms with Crippen molar-refractivity contribution >= 4 is 27.8 Å². The maximum Gasteiger partial charge on any atom is 0.422 e. The summed E-state index contributed by atoms with van der Waals surface area (Å²) >= 11 is 0. The average Bonchev–Trinajstić information content (AvgIpc) is 2.37. The van der Waals surface area contributed by atoms with Gasteiger partial charge in [-0.2, -0.15) is 8.42 Å². The first-order chi connectivity index (χ1) is 9.81. The van der Waals surface area contributed by atoms with E-state index in [1.807, 2.05) is 4.72 Å². The molecule has 7 nitrogen and oxygen atoms in total. The summed E-state index contributed by atoms with van der Waals surface area (Å²) in [6.07, 6.45) is -1.41. The Hall–Kier alpha value is -2.09. The molecule has 0 aliphatic carbocycles. The van der Waals surface area contributed by atoms with Crippen LogP contribution < -0.4 is 9.03 Å².